The van der Waals surface area contributed by atoms with Gasteiger partial charge < -0.3 is 10.2 Å². The molecule has 0 heterocycles. The Labute approximate surface area is 111 Å². The molecule has 1 aromatic rings. The number of carbonyl (C=O) groups is 3. The zero-order valence-corrected chi connectivity index (χ0v) is 10.9. The highest BCUT2D eigenvalue weighted by atomic mass is 16.2. The van der Waals surface area contributed by atoms with Crippen molar-refractivity contribution >= 4 is 24.2 Å². The molecular formula is C14H16N2O3. The number of rotatable bonds is 5. The van der Waals surface area contributed by atoms with Crippen molar-refractivity contribution in [2.45, 2.75) is 0 Å². The van der Waals surface area contributed by atoms with Crippen LogP contribution < -0.4 is 5.32 Å². The molecule has 5 nitrogen and oxygen atoms in total. The maximum Gasteiger partial charge on any atom is 0.257 e. The number of hydrogen-bond donors (Lipinski definition) is 1. The van der Waals surface area contributed by atoms with E-state index in [4.69, 9.17) is 0 Å². The van der Waals surface area contributed by atoms with Crippen LogP contribution in [-0.2, 0) is 14.4 Å². The molecule has 1 aromatic carbocycles. The van der Waals surface area contributed by atoms with Crippen LogP contribution in [0.4, 0.5) is 0 Å². The van der Waals surface area contributed by atoms with Gasteiger partial charge in [-0.15, -0.1) is 0 Å². The van der Waals surface area contributed by atoms with E-state index in [1.807, 2.05) is 18.2 Å². The van der Waals surface area contributed by atoms with E-state index in [1.54, 1.807) is 12.1 Å². The summed E-state index contributed by atoms with van der Waals surface area (Å²) in [6, 6.07) is 9.04. The van der Waals surface area contributed by atoms with Crippen molar-refractivity contribution in [2.24, 2.45) is 0 Å². The van der Waals surface area contributed by atoms with E-state index >= 15 is 0 Å². The number of benzene rings is 1. The van der Waals surface area contributed by atoms with E-state index < -0.39 is 5.91 Å². The molecule has 1 N–H and O–H groups in total. The molecule has 0 saturated carbocycles. The van der Waals surface area contributed by atoms with E-state index in [1.165, 1.54) is 25.1 Å². The van der Waals surface area contributed by atoms with Crippen LogP contribution in [0.5, 0.6) is 0 Å². The fourth-order valence-electron chi connectivity index (χ4n) is 1.46. The third kappa shape index (κ3) is 4.39. The molecule has 5 heteroatoms. The van der Waals surface area contributed by atoms with E-state index in [9.17, 15) is 14.4 Å². The molecule has 1 rings (SSSR count). The summed E-state index contributed by atoms with van der Waals surface area (Å²) < 4.78 is 0. The molecule has 0 spiro atoms. The predicted octanol–water partition coefficient (Wildman–Crippen LogP) is 0.473. The van der Waals surface area contributed by atoms with Gasteiger partial charge in [0, 0.05) is 14.1 Å². The average molecular weight is 260 g/mol. The molecule has 100 valence electrons. The van der Waals surface area contributed by atoms with Gasteiger partial charge in [-0.2, -0.15) is 0 Å². The van der Waals surface area contributed by atoms with Crippen molar-refractivity contribution in [3.8, 4) is 0 Å². The number of aldehydes is 1. The third-order valence-corrected chi connectivity index (χ3v) is 2.50. The Morgan fingerprint density at radius 2 is 1.89 bits per heavy atom. The van der Waals surface area contributed by atoms with Crippen molar-refractivity contribution < 1.29 is 14.4 Å². The molecule has 0 aromatic heterocycles. The summed E-state index contributed by atoms with van der Waals surface area (Å²) in [5, 5.41) is 2.42. The molecule has 0 saturated heterocycles. The Hall–Kier alpha value is -2.43. The van der Waals surface area contributed by atoms with Crippen LogP contribution in [0.1, 0.15) is 5.56 Å². The van der Waals surface area contributed by atoms with Crippen molar-refractivity contribution in [1.29, 1.82) is 0 Å². The second kappa shape index (κ2) is 7.10. The molecule has 0 atom stereocenters. The zero-order chi connectivity index (χ0) is 14.3. The second-order valence-corrected chi connectivity index (χ2v) is 3.96. The predicted molar refractivity (Wildman–Crippen MR) is 72.2 cm³/mol. The maximum atomic E-state index is 12.0. The lowest BCUT2D eigenvalue weighted by Gasteiger charge is -2.15. The van der Waals surface area contributed by atoms with Crippen LogP contribution in [0.3, 0.4) is 0 Å². The van der Waals surface area contributed by atoms with Gasteiger partial charge in [0.05, 0.1) is 12.1 Å². The summed E-state index contributed by atoms with van der Waals surface area (Å²) in [5.41, 5.74) is 0.767. The summed E-state index contributed by atoms with van der Waals surface area (Å²) >= 11 is 0. The SMILES string of the molecule is CNC(=O)CN(C)C(=O)C(C=O)=Cc1ccccc1. The number of likely N-dealkylation sites (N-methyl/N-ethyl adjacent to an activating group) is 2. The van der Waals surface area contributed by atoms with Crippen LogP contribution in [0.25, 0.3) is 6.08 Å². The van der Waals surface area contributed by atoms with Crippen molar-refractivity contribution in [2.75, 3.05) is 20.6 Å². The van der Waals surface area contributed by atoms with Gasteiger partial charge in [-0.1, -0.05) is 30.3 Å². The molecule has 0 aliphatic carbocycles. The van der Waals surface area contributed by atoms with Crippen molar-refractivity contribution in [3.05, 3.63) is 41.5 Å². The summed E-state index contributed by atoms with van der Waals surface area (Å²) in [5.74, 6) is -0.775. The zero-order valence-electron chi connectivity index (χ0n) is 10.9. The highest BCUT2D eigenvalue weighted by Crippen LogP contribution is 2.07. The van der Waals surface area contributed by atoms with Crippen LogP contribution in [0.2, 0.25) is 0 Å². The van der Waals surface area contributed by atoms with Crippen molar-refractivity contribution in [3.63, 3.8) is 0 Å². The Morgan fingerprint density at radius 3 is 2.42 bits per heavy atom. The summed E-state index contributed by atoms with van der Waals surface area (Å²) in [7, 11) is 2.96. The van der Waals surface area contributed by atoms with Gasteiger partial charge in [-0.25, -0.2) is 0 Å². The number of amides is 2. The third-order valence-electron chi connectivity index (χ3n) is 2.50. The topological polar surface area (TPSA) is 66.5 Å². The lowest BCUT2D eigenvalue weighted by Crippen LogP contribution is -2.37. The molecule has 0 bridgehead atoms. The molecule has 0 radical (unpaired) electrons. The minimum absolute atomic E-state index is 0.0117. The summed E-state index contributed by atoms with van der Waals surface area (Å²) in [4.78, 5) is 35.4. The van der Waals surface area contributed by atoms with E-state index in [0.717, 1.165) is 5.56 Å². The van der Waals surface area contributed by atoms with E-state index in [2.05, 4.69) is 5.32 Å². The van der Waals surface area contributed by atoms with Gasteiger partial charge in [-0.05, 0) is 11.6 Å². The van der Waals surface area contributed by atoms with Gasteiger partial charge >= 0.3 is 0 Å². The maximum absolute atomic E-state index is 12.0. The normalized spacial score (nSPS) is 10.7. The summed E-state index contributed by atoms with van der Waals surface area (Å²) in [6.07, 6.45) is 1.99. The lowest BCUT2D eigenvalue weighted by atomic mass is 10.1. The first-order chi connectivity index (χ1) is 9.08. The van der Waals surface area contributed by atoms with Crippen molar-refractivity contribution in [1.82, 2.24) is 10.2 Å². The second-order valence-electron chi connectivity index (χ2n) is 3.96. The van der Waals surface area contributed by atoms with Crippen LogP contribution >= 0.6 is 0 Å². The Balaban J connectivity index is 2.85. The van der Waals surface area contributed by atoms with E-state index in [0.29, 0.717) is 6.29 Å². The monoisotopic (exact) mass is 260 g/mol. The van der Waals surface area contributed by atoms with Gasteiger partial charge in [-0.3, -0.25) is 14.4 Å². The van der Waals surface area contributed by atoms with E-state index in [-0.39, 0.29) is 18.0 Å². The quantitative estimate of drug-likeness (QED) is 0.362. The smallest absolute Gasteiger partial charge is 0.257 e. The highest BCUT2D eigenvalue weighted by molar-refractivity contribution is 6.14. The van der Waals surface area contributed by atoms with Gasteiger partial charge in [0.15, 0.2) is 6.29 Å². The Kier molecular flexibility index (Phi) is 5.47. The molecule has 0 aliphatic rings. The number of hydrogen-bond acceptors (Lipinski definition) is 3. The van der Waals surface area contributed by atoms with Gasteiger partial charge in [0.25, 0.3) is 5.91 Å². The largest absolute Gasteiger partial charge is 0.358 e. The highest BCUT2D eigenvalue weighted by Gasteiger charge is 2.16. The fourth-order valence-corrected chi connectivity index (χ4v) is 1.46. The number of carbonyl (C=O) groups excluding carboxylic acids is 3. The molecule has 0 fully saturated rings. The standard InChI is InChI=1S/C14H16N2O3/c1-15-13(18)9-16(2)14(19)12(10-17)8-11-6-4-3-5-7-11/h3-8,10H,9H2,1-2H3,(H,15,18). The molecule has 19 heavy (non-hydrogen) atoms. The lowest BCUT2D eigenvalue weighted by molar-refractivity contribution is -0.132. The van der Waals surface area contributed by atoms with Crippen LogP contribution in [-0.4, -0.2) is 43.6 Å². The van der Waals surface area contributed by atoms with Crippen LogP contribution in [0, 0.1) is 0 Å². The minimum atomic E-state index is -0.484. The number of nitrogens with zero attached hydrogens (tertiary/aromatic N) is 1. The van der Waals surface area contributed by atoms with Gasteiger partial charge in [0.1, 0.15) is 0 Å². The van der Waals surface area contributed by atoms with Gasteiger partial charge in [0.2, 0.25) is 5.91 Å². The van der Waals surface area contributed by atoms with Crippen LogP contribution in [0.15, 0.2) is 35.9 Å². The average Bonchev–Trinajstić information content (AvgIpc) is 2.44. The molecule has 2 amide bonds. The first kappa shape index (κ1) is 14.6. The Morgan fingerprint density at radius 1 is 1.26 bits per heavy atom. The number of nitrogens with one attached hydrogen (secondary N) is 1. The fraction of sp³-hybridized carbons (Fsp3) is 0.214. The minimum Gasteiger partial charge on any atom is -0.358 e. The summed E-state index contributed by atoms with van der Waals surface area (Å²) in [6.45, 7) is -0.0880. The molecule has 0 unspecified atom stereocenters. The first-order valence-corrected chi connectivity index (χ1v) is 5.76. The molecule has 0 aliphatic heterocycles. The molecular weight excluding hydrogens is 244 g/mol. The Bertz CT molecular complexity index is 495. The first-order valence-electron chi connectivity index (χ1n) is 5.76.